The molecule has 0 aromatic heterocycles. The molecule has 6 nitrogen and oxygen atoms in total. The van der Waals surface area contributed by atoms with Gasteiger partial charge in [0.25, 0.3) is 0 Å². The molecular weight excluding hydrogens is 662 g/mol. The maximum Gasteiger partial charge on any atom is 0.573 e. The second kappa shape index (κ2) is 11.7. The lowest BCUT2D eigenvalue weighted by atomic mass is 9.91. The number of nitrogens with zero attached hydrogens (tertiary/aromatic N) is 4. The summed E-state index contributed by atoms with van der Waals surface area (Å²) in [6.07, 6.45) is -10.9. The molecule has 0 fully saturated rings. The van der Waals surface area contributed by atoms with Crippen LogP contribution in [0.1, 0.15) is 22.3 Å². The van der Waals surface area contributed by atoms with Crippen molar-refractivity contribution in [1.29, 1.82) is 21.0 Å². The molecule has 0 spiro atoms. The van der Waals surface area contributed by atoms with Crippen molar-refractivity contribution in [2.24, 2.45) is 0 Å². The van der Waals surface area contributed by atoms with Crippen molar-refractivity contribution in [3.63, 3.8) is 0 Å². The Morgan fingerprint density at radius 2 is 0.812 bits per heavy atom. The largest absolute Gasteiger partial charge is 0.573 e. The van der Waals surface area contributed by atoms with E-state index in [9.17, 15) is 65.0 Å². The van der Waals surface area contributed by atoms with E-state index in [1.807, 2.05) is 0 Å². The number of benzene rings is 4. The van der Waals surface area contributed by atoms with Crippen molar-refractivity contribution in [3.8, 4) is 69.2 Å². The number of nitriles is 4. The quantitative estimate of drug-likeness (QED) is 0.139. The number of allylic oxidation sites excluding steroid dienone is 1. The zero-order chi connectivity index (χ0) is 35.3. The Morgan fingerprint density at radius 1 is 0.479 bits per heavy atom. The van der Waals surface area contributed by atoms with Gasteiger partial charge < -0.3 is 9.47 Å². The van der Waals surface area contributed by atoms with E-state index in [1.165, 1.54) is 0 Å². The molecule has 0 aliphatic heterocycles. The lowest BCUT2D eigenvalue weighted by Crippen LogP contribution is -2.19. The number of rotatable bonds is 4. The Morgan fingerprint density at radius 3 is 1.08 bits per heavy atom. The Labute approximate surface area is 261 Å². The lowest BCUT2D eigenvalue weighted by Gasteiger charge is -2.14. The molecule has 0 bridgehead atoms. The molecule has 16 heteroatoms. The van der Waals surface area contributed by atoms with Gasteiger partial charge in [-0.2, -0.15) is 21.0 Å². The van der Waals surface area contributed by atoms with Crippen molar-refractivity contribution in [3.05, 3.63) is 99.6 Å². The van der Waals surface area contributed by atoms with Gasteiger partial charge in [-0.3, -0.25) is 0 Å². The Bertz CT molecular complexity index is 2060. The van der Waals surface area contributed by atoms with Crippen molar-refractivity contribution in [2.75, 3.05) is 0 Å². The summed E-state index contributed by atoms with van der Waals surface area (Å²) in [5, 5.41) is 39.3. The molecule has 0 N–H and O–H groups in total. The number of hydrogen-bond acceptors (Lipinski definition) is 6. The Kier molecular flexibility index (Phi) is 8.00. The highest BCUT2D eigenvalue weighted by Gasteiger charge is 2.36. The van der Waals surface area contributed by atoms with E-state index in [4.69, 9.17) is 0 Å². The minimum absolute atomic E-state index is 0.0270. The van der Waals surface area contributed by atoms with E-state index < -0.39 is 64.2 Å². The summed E-state index contributed by atoms with van der Waals surface area (Å²) in [6.45, 7) is 0. The molecule has 0 saturated heterocycles. The van der Waals surface area contributed by atoms with Crippen molar-refractivity contribution in [1.82, 2.24) is 0 Å². The third-order valence-electron chi connectivity index (χ3n) is 6.91. The van der Waals surface area contributed by atoms with E-state index in [-0.39, 0.29) is 50.1 Å². The summed E-state index contributed by atoms with van der Waals surface area (Å²) in [7, 11) is 0. The summed E-state index contributed by atoms with van der Waals surface area (Å²) in [4.78, 5) is 0. The summed E-state index contributed by atoms with van der Waals surface area (Å²) in [5.74, 6) is -10.7. The first-order chi connectivity index (χ1) is 22.5. The highest BCUT2D eigenvalue weighted by atomic mass is 19.4. The van der Waals surface area contributed by atoms with Gasteiger partial charge in [0, 0.05) is 16.7 Å². The number of alkyl halides is 6. The van der Waals surface area contributed by atoms with E-state index in [0.717, 1.165) is 24.3 Å². The normalized spacial score (nSPS) is 11.8. The standard InChI is InChI=1S/C32H8F10N4O2/c33-24-3-13(4-25(34)29(24)47-31(37,38)39)18-7-22-20(1-15(18)9-43)21-2-16(10-44)19(8-23(21)28(22)17(11-45)12-46)14-5-26(35)30(27(36)6-14)48-32(40,41)42/h1-8H. The molecule has 1 aliphatic rings. The monoisotopic (exact) mass is 670 g/mol. The smallest absolute Gasteiger partial charge is 0.399 e. The first-order valence-corrected chi connectivity index (χ1v) is 12.7. The zero-order valence-electron chi connectivity index (χ0n) is 23.0. The fraction of sp³-hybridized carbons (Fsp3) is 0.0625. The molecule has 0 amide bonds. The van der Waals surface area contributed by atoms with Crippen molar-refractivity contribution >= 4 is 5.57 Å². The average Bonchev–Trinajstić information content (AvgIpc) is 3.31. The third kappa shape index (κ3) is 5.91. The van der Waals surface area contributed by atoms with Crippen LogP contribution in [0.5, 0.6) is 11.5 Å². The second-order valence-electron chi connectivity index (χ2n) is 9.72. The number of fused-ring (bicyclic) bond motifs is 3. The Balaban J connectivity index is 1.75. The van der Waals surface area contributed by atoms with Gasteiger partial charge in [-0.1, -0.05) is 0 Å². The van der Waals surface area contributed by atoms with Gasteiger partial charge >= 0.3 is 12.7 Å². The predicted octanol–water partition coefficient (Wildman–Crippen LogP) is 8.95. The minimum atomic E-state index is -5.44. The van der Waals surface area contributed by atoms with Crippen LogP contribution < -0.4 is 9.47 Å². The van der Waals surface area contributed by atoms with Gasteiger partial charge in [-0.15, -0.1) is 26.3 Å². The lowest BCUT2D eigenvalue weighted by molar-refractivity contribution is -0.277. The molecule has 4 aromatic rings. The number of hydrogen-bond donors (Lipinski definition) is 0. The topological polar surface area (TPSA) is 114 Å². The van der Waals surface area contributed by atoms with Gasteiger partial charge in [0.2, 0.25) is 11.5 Å². The van der Waals surface area contributed by atoms with Crippen molar-refractivity contribution in [2.45, 2.75) is 12.7 Å². The second-order valence-corrected chi connectivity index (χ2v) is 9.72. The Hall–Kier alpha value is -6.52. The fourth-order valence-electron chi connectivity index (χ4n) is 5.13. The maximum absolute atomic E-state index is 14.6. The molecule has 238 valence electrons. The highest BCUT2D eigenvalue weighted by molar-refractivity contribution is 6.07. The zero-order valence-corrected chi connectivity index (χ0v) is 23.0. The molecule has 0 atom stereocenters. The van der Waals surface area contributed by atoms with Gasteiger partial charge in [0.1, 0.15) is 17.7 Å². The third-order valence-corrected chi connectivity index (χ3v) is 6.91. The molecule has 0 radical (unpaired) electrons. The molecule has 4 aromatic carbocycles. The van der Waals surface area contributed by atoms with Crippen LogP contribution in [-0.2, 0) is 0 Å². The molecule has 0 unspecified atom stereocenters. The predicted molar refractivity (Wildman–Crippen MR) is 143 cm³/mol. The summed E-state index contributed by atoms with van der Waals surface area (Å²) < 4.78 is 141. The van der Waals surface area contributed by atoms with Crippen LogP contribution >= 0.6 is 0 Å². The molecular formula is C32H8F10N4O2. The number of halogens is 10. The van der Waals surface area contributed by atoms with Gasteiger partial charge in [-0.05, 0) is 81.9 Å². The van der Waals surface area contributed by atoms with Crippen LogP contribution in [0.15, 0.2) is 54.1 Å². The summed E-state index contributed by atoms with van der Waals surface area (Å²) in [6, 6.07) is 13.2. The van der Waals surface area contributed by atoms with E-state index >= 15 is 0 Å². The molecule has 0 saturated carbocycles. The fourth-order valence-corrected chi connectivity index (χ4v) is 5.13. The molecule has 5 rings (SSSR count). The summed E-state index contributed by atoms with van der Waals surface area (Å²) >= 11 is 0. The SMILES string of the molecule is N#CC(C#N)=C1c2cc(-c3cc(F)c(OC(F)(F)F)c(F)c3)c(C#N)cc2-c2cc(C#N)c(-c3cc(F)c(OC(F)(F)F)c(F)c3)cc21. The molecule has 0 heterocycles. The molecule has 1 aliphatic carbocycles. The van der Waals surface area contributed by atoms with Crippen LogP contribution in [-0.4, -0.2) is 12.7 Å². The van der Waals surface area contributed by atoms with Crippen LogP contribution in [0.4, 0.5) is 43.9 Å². The van der Waals surface area contributed by atoms with Crippen LogP contribution in [0.3, 0.4) is 0 Å². The average molecular weight is 670 g/mol. The van der Waals surface area contributed by atoms with E-state index in [1.54, 1.807) is 24.3 Å². The summed E-state index contributed by atoms with van der Waals surface area (Å²) in [5.41, 5.74) is -2.66. The van der Waals surface area contributed by atoms with Gasteiger partial charge in [-0.25, -0.2) is 17.6 Å². The van der Waals surface area contributed by atoms with Crippen LogP contribution in [0.25, 0.3) is 39.0 Å². The first-order valence-electron chi connectivity index (χ1n) is 12.7. The van der Waals surface area contributed by atoms with Crippen LogP contribution in [0.2, 0.25) is 0 Å². The first kappa shape index (κ1) is 32.9. The van der Waals surface area contributed by atoms with Gasteiger partial charge in [0.05, 0.1) is 23.3 Å². The molecule has 48 heavy (non-hydrogen) atoms. The van der Waals surface area contributed by atoms with E-state index in [2.05, 4.69) is 9.47 Å². The minimum Gasteiger partial charge on any atom is -0.399 e. The van der Waals surface area contributed by atoms with Gasteiger partial charge in [0.15, 0.2) is 23.3 Å². The number of ether oxygens (including phenoxy) is 2. The van der Waals surface area contributed by atoms with E-state index in [0.29, 0.717) is 24.3 Å². The maximum atomic E-state index is 14.6. The van der Waals surface area contributed by atoms with Crippen LogP contribution in [0, 0.1) is 68.6 Å². The van der Waals surface area contributed by atoms with Crippen molar-refractivity contribution < 1.29 is 53.4 Å². The highest BCUT2D eigenvalue weighted by Crippen LogP contribution is 2.50.